The van der Waals surface area contributed by atoms with Gasteiger partial charge in [-0.25, -0.2) is 0 Å². The highest BCUT2D eigenvalue weighted by molar-refractivity contribution is 7.71. The molecule has 3 aromatic rings. The van der Waals surface area contributed by atoms with Crippen LogP contribution in [0.15, 0.2) is 42.6 Å². The monoisotopic (exact) mass is 367 g/mol. The molecule has 4 nitrogen and oxygen atoms in total. The van der Waals surface area contributed by atoms with Gasteiger partial charge in [-0.1, -0.05) is 19.1 Å². The van der Waals surface area contributed by atoms with E-state index in [-0.39, 0.29) is 0 Å². The van der Waals surface area contributed by atoms with Crippen molar-refractivity contribution in [3.63, 3.8) is 0 Å². The Morgan fingerprint density at radius 3 is 2.58 bits per heavy atom. The number of methoxy groups -OCH3 is 1. The maximum atomic E-state index is 5.57. The topological polar surface area (TPSA) is 33.2 Å². The van der Waals surface area contributed by atoms with Crippen LogP contribution in [0.2, 0.25) is 0 Å². The molecule has 3 rings (SSSR count). The number of aromatic nitrogens is 2. The zero-order valence-corrected chi connectivity index (χ0v) is 16.8. The van der Waals surface area contributed by atoms with E-state index in [1.807, 2.05) is 37.3 Å². The Bertz CT molecular complexity index is 985. The number of aromatic amines is 1. The molecule has 1 aromatic heterocycles. The van der Waals surface area contributed by atoms with Crippen molar-refractivity contribution in [2.24, 2.45) is 0 Å². The van der Waals surface area contributed by atoms with E-state index in [0.717, 1.165) is 34.8 Å². The van der Waals surface area contributed by atoms with Gasteiger partial charge in [0.05, 0.1) is 24.2 Å². The summed E-state index contributed by atoms with van der Waals surface area (Å²) in [6, 6.07) is 12.7. The number of nitrogens with one attached hydrogen (secondary N) is 1. The number of ether oxygens (including phenoxy) is 1. The van der Waals surface area contributed by atoms with Crippen LogP contribution in [0.1, 0.15) is 18.1 Å². The van der Waals surface area contributed by atoms with Crippen molar-refractivity contribution in [1.29, 1.82) is 0 Å². The van der Waals surface area contributed by atoms with Crippen molar-refractivity contribution in [2.75, 3.05) is 26.1 Å². The van der Waals surface area contributed by atoms with Gasteiger partial charge >= 0.3 is 0 Å². The second-order valence-corrected chi connectivity index (χ2v) is 6.95. The van der Waals surface area contributed by atoms with E-state index in [4.69, 9.17) is 17.0 Å². The maximum Gasteiger partial charge on any atom is 0.182 e. The lowest BCUT2D eigenvalue weighted by molar-refractivity contribution is 0.415. The van der Waals surface area contributed by atoms with Crippen LogP contribution in [0, 0.1) is 11.7 Å². The third kappa shape index (κ3) is 3.27. The molecule has 0 aliphatic carbocycles. The van der Waals surface area contributed by atoms with Crippen molar-refractivity contribution >= 4 is 17.9 Å². The first kappa shape index (κ1) is 18.3. The molecular weight excluding hydrogens is 342 g/mol. The summed E-state index contributed by atoms with van der Waals surface area (Å²) in [5.41, 5.74) is 6.90. The Hall–Kier alpha value is -2.53. The van der Waals surface area contributed by atoms with Gasteiger partial charge in [-0.3, -0.25) is 4.57 Å². The van der Waals surface area contributed by atoms with Crippen LogP contribution in [-0.2, 0) is 6.42 Å². The van der Waals surface area contributed by atoms with E-state index in [2.05, 4.69) is 47.7 Å². The van der Waals surface area contributed by atoms with Crippen molar-refractivity contribution in [3.8, 4) is 22.7 Å². The molecule has 136 valence electrons. The van der Waals surface area contributed by atoms with Crippen LogP contribution >= 0.6 is 12.2 Å². The molecular formula is C21H25N3OS. The number of benzene rings is 2. The Labute approximate surface area is 160 Å². The average Bonchev–Trinajstić information content (AvgIpc) is 3.03. The highest BCUT2D eigenvalue weighted by atomic mass is 32.1. The summed E-state index contributed by atoms with van der Waals surface area (Å²) < 4.78 is 8.23. The van der Waals surface area contributed by atoms with Gasteiger partial charge in [0.1, 0.15) is 5.75 Å². The van der Waals surface area contributed by atoms with Crippen molar-refractivity contribution in [2.45, 2.75) is 20.3 Å². The number of imidazole rings is 1. The minimum Gasteiger partial charge on any atom is -0.495 e. The van der Waals surface area contributed by atoms with Crippen LogP contribution in [0.3, 0.4) is 0 Å². The summed E-state index contributed by atoms with van der Waals surface area (Å²) in [7, 11) is 5.70. The molecule has 0 aliphatic heterocycles. The first-order chi connectivity index (χ1) is 12.5. The lowest BCUT2D eigenvalue weighted by atomic mass is 10.0. The molecule has 2 aromatic carbocycles. The average molecular weight is 368 g/mol. The van der Waals surface area contributed by atoms with Crippen LogP contribution in [0.5, 0.6) is 5.75 Å². The fraction of sp³-hybridized carbons (Fsp3) is 0.286. The van der Waals surface area contributed by atoms with Gasteiger partial charge in [0.15, 0.2) is 4.77 Å². The summed E-state index contributed by atoms with van der Waals surface area (Å²) in [6.07, 6.45) is 2.99. The zero-order chi connectivity index (χ0) is 18.8. The molecule has 0 unspecified atom stereocenters. The predicted octanol–water partition coefficient (Wildman–Crippen LogP) is 5.15. The molecule has 0 bridgehead atoms. The smallest absolute Gasteiger partial charge is 0.182 e. The van der Waals surface area contributed by atoms with Gasteiger partial charge in [0.2, 0.25) is 0 Å². The molecule has 5 heteroatoms. The van der Waals surface area contributed by atoms with Crippen molar-refractivity contribution in [1.82, 2.24) is 9.55 Å². The molecule has 0 amide bonds. The fourth-order valence-electron chi connectivity index (χ4n) is 3.22. The normalized spacial score (nSPS) is 10.8. The van der Waals surface area contributed by atoms with Gasteiger partial charge in [-0.15, -0.1) is 0 Å². The van der Waals surface area contributed by atoms with E-state index in [1.165, 1.54) is 11.1 Å². The second kappa shape index (κ2) is 7.38. The molecule has 0 saturated carbocycles. The number of nitrogens with zero attached hydrogens (tertiary/aromatic N) is 2. The Morgan fingerprint density at radius 1 is 1.15 bits per heavy atom. The highest BCUT2D eigenvalue weighted by Crippen LogP contribution is 2.32. The highest BCUT2D eigenvalue weighted by Gasteiger charge is 2.13. The SMILES string of the molecule is CCc1cc(-c2c[nH]c(=S)n2-c2ccc(OC)c(N(C)C)c2)ccc1C. The number of hydrogen-bond acceptors (Lipinski definition) is 3. The Kier molecular flexibility index (Phi) is 5.18. The number of aryl methyl sites for hydroxylation is 2. The van der Waals surface area contributed by atoms with E-state index in [1.54, 1.807) is 7.11 Å². The molecule has 0 spiro atoms. The van der Waals surface area contributed by atoms with Gasteiger partial charge in [-0.05, 0) is 61.0 Å². The van der Waals surface area contributed by atoms with Crippen molar-refractivity contribution < 1.29 is 4.74 Å². The first-order valence-electron chi connectivity index (χ1n) is 8.72. The molecule has 0 aliphatic rings. The maximum absolute atomic E-state index is 5.57. The zero-order valence-electron chi connectivity index (χ0n) is 16.0. The third-order valence-corrected chi connectivity index (χ3v) is 5.01. The van der Waals surface area contributed by atoms with Crippen LogP contribution < -0.4 is 9.64 Å². The van der Waals surface area contributed by atoms with E-state index in [9.17, 15) is 0 Å². The van der Waals surface area contributed by atoms with Gasteiger partial charge in [0, 0.05) is 25.9 Å². The number of H-pyrrole nitrogens is 1. The van der Waals surface area contributed by atoms with Crippen LogP contribution in [0.4, 0.5) is 5.69 Å². The summed E-state index contributed by atoms with van der Waals surface area (Å²) >= 11 is 5.57. The molecule has 0 atom stereocenters. The standard InChI is InChI=1S/C21H25N3OS/c1-6-15-11-16(8-7-14(15)2)19-13-22-21(26)24(19)17-9-10-20(25-5)18(12-17)23(3)4/h7-13H,6H2,1-5H3,(H,22,26). The molecule has 0 saturated heterocycles. The predicted molar refractivity (Wildman–Crippen MR) is 111 cm³/mol. The summed E-state index contributed by atoms with van der Waals surface area (Å²) in [4.78, 5) is 5.24. The molecule has 0 fully saturated rings. The van der Waals surface area contributed by atoms with E-state index >= 15 is 0 Å². The summed E-state index contributed by atoms with van der Waals surface area (Å²) in [6.45, 7) is 4.34. The lowest BCUT2D eigenvalue weighted by Crippen LogP contribution is -2.11. The Balaban J connectivity index is 2.18. The molecule has 26 heavy (non-hydrogen) atoms. The van der Waals surface area contributed by atoms with Crippen LogP contribution in [-0.4, -0.2) is 30.8 Å². The van der Waals surface area contributed by atoms with E-state index < -0.39 is 0 Å². The third-order valence-electron chi connectivity index (χ3n) is 4.70. The molecule has 1 N–H and O–H groups in total. The van der Waals surface area contributed by atoms with Gasteiger partial charge in [0.25, 0.3) is 0 Å². The number of hydrogen-bond donors (Lipinski definition) is 1. The molecule has 1 heterocycles. The van der Waals surface area contributed by atoms with Crippen LogP contribution in [0.25, 0.3) is 16.9 Å². The Morgan fingerprint density at radius 2 is 1.92 bits per heavy atom. The minimum absolute atomic E-state index is 0.675. The van der Waals surface area contributed by atoms with Crippen molar-refractivity contribution in [3.05, 3.63) is 58.5 Å². The summed E-state index contributed by atoms with van der Waals surface area (Å²) in [5.74, 6) is 0.839. The number of rotatable bonds is 5. The number of anilines is 1. The fourth-order valence-corrected chi connectivity index (χ4v) is 3.48. The summed E-state index contributed by atoms with van der Waals surface area (Å²) in [5, 5.41) is 0. The van der Waals surface area contributed by atoms with E-state index in [0.29, 0.717) is 4.77 Å². The minimum atomic E-state index is 0.675. The van der Waals surface area contributed by atoms with Gasteiger partial charge in [-0.2, -0.15) is 0 Å². The second-order valence-electron chi connectivity index (χ2n) is 6.56. The lowest BCUT2D eigenvalue weighted by Gasteiger charge is -2.19. The first-order valence-corrected chi connectivity index (χ1v) is 9.13. The quantitative estimate of drug-likeness (QED) is 0.633. The largest absolute Gasteiger partial charge is 0.495 e. The molecule has 0 radical (unpaired) electrons. The van der Waals surface area contributed by atoms with Gasteiger partial charge < -0.3 is 14.6 Å².